The van der Waals surface area contributed by atoms with Crippen molar-refractivity contribution in [3.63, 3.8) is 0 Å². The van der Waals surface area contributed by atoms with Crippen LogP contribution in [0.3, 0.4) is 0 Å². The summed E-state index contributed by atoms with van der Waals surface area (Å²) in [7, 11) is 0. The van der Waals surface area contributed by atoms with Crippen molar-refractivity contribution in [3.05, 3.63) is 0 Å². The molecule has 0 aromatic rings. The Bertz CT molecular complexity index is 44.3. The highest BCUT2D eigenvalue weighted by Gasteiger charge is 1.85. The van der Waals surface area contributed by atoms with Crippen LogP contribution < -0.4 is 5.73 Å². The number of ether oxygens (including phenoxy) is 1. The molecule has 0 aromatic heterocycles. The summed E-state index contributed by atoms with van der Waals surface area (Å²) in [5, 5.41) is 8.32. The quantitative estimate of drug-likeness (QED) is 0.490. The molecule has 3 heteroatoms. The van der Waals surface area contributed by atoms with Gasteiger partial charge in [0.25, 0.3) is 0 Å². The molecule has 0 aliphatic carbocycles. The van der Waals surface area contributed by atoms with Crippen LogP contribution in [-0.2, 0) is 4.74 Å². The third-order valence-corrected chi connectivity index (χ3v) is 0.940. The maximum Gasteiger partial charge on any atom is 0.0487 e. The second kappa shape index (κ2) is 7.88. The minimum Gasteiger partial charge on any atom is -0.396 e. The lowest BCUT2D eigenvalue weighted by Gasteiger charge is -1.99. The SMILES string of the molecule is NCCCOCCCO. The van der Waals surface area contributed by atoms with Gasteiger partial charge in [0, 0.05) is 19.8 Å². The van der Waals surface area contributed by atoms with Crippen molar-refractivity contribution in [2.24, 2.45) is 5.73 Å². The Morgan fingerprint density at radius 3 is 2.44 bits per heavy atom. The predicted octanol–water partition coefficient (Wildman–Crippen LogP) is -0.266. The lowest BCUT2D eigenvalue weighted by molar-refractivity contribution is 0.115. The van der Waals surface area contributed by atoms with E-state index in [-0.39, 0.29) is 6.61 Å². The lowest BCUT2D eigenvalue weighted by atomic mass is 10.4. The molecule has 0 spiro atoms. The molecule has 9 heavy (non-hydrogen) atoms. The summed E-state index contributed by atoms with van der Waals surface area (Å²) in [6, 6.07) is 0. The van der Waals surface area contributed by atoms with Gasteiger partial charge in [0.2, 0.25) is 0 Å². The highest BCUT2D eigenvalue weighted by atomic mass is 16.5. The highest BCUT2D eigenvalue weighted by Crippen LogP contribution is 1.82. The summed E-state index contributed by atoms with van der Waals surface area (Å²) in [6.45, 7) is 2.26. The Morgan fingerprint density at radius 2 is 1.89 bits per heavy atom. The maximum atomic E-state index is 8.32. The van der Waals surface area contributed by atoms with Crippen LogP contribution >= 0.6 is 0 Å². The number of aliphatic hydroxyl groups excluding tert-OH is 1. The first-order valence-corrected chi connectivity index (χ1v) is 3.30. The molecular weight excluding hydrogens is 118 g/mol. The van der Waals surface area contributed by atoms with E-state index < -0.39 is 0 Å². The van der Waals surface area contributed by atoms with Crippen molar-refractivity contribution in [2.45, 2.75) is 12.8 Å². The summed E-state index contributed by atoms with van der Waals surface area (Å²) in [5.74, 6) is 0. The molecule has 3 nitrogen and oxygen atoms in total. The van der Waals surface area contributed by atoms with E-state index in [0.717, 1.165) is 19.4 Å². The van der Waals surface area contributed by atoms with E-state index in [9.17, 15) is 0 Å². The van der Waals surface area contributed by atoms with Crippen molar-refractivity contribution in [1.82, 2.24) is 0 Å². The first-order valence-electron chi connectivity index (χ1n) is 3.30. The molecular formula is C6H15NO2. The summed E-state index contributed by atoms with van der Waals surface area (Å²) in [5.41, 5.74) is 5.21. The predicted molar refractivity (Wildman–Crippen MR) is 36.2 cm³/mol. The van der Waals surface area contributed by atoms with Gasteiger partial charge in [-0.25, -0.2) is 0 Å². The second-order valence-electron chi connectivity index (χ2n) is 1.83. The normalized spacial score (nSPS) is 10.0. The van der Waals surface area contributed by atoms with Crippen molar-refractivity contribution < 1.29 is 9.84 Å². The molecule has 0 aliphatic heterocycles. The van der Waals surface area contributed by atoms with Gasteiger partial charge in [-0.3, -0.25) is 0 Å². The first kappa shape index (κ1) is 8.88. The van der Waals surface area contributed by atoms with Gasteiger partial charge in [-0.2, -0.15) is 0 Å². The zero-order chi connectivity index (χ0) is 6.95. The molecule has 0 unspecified atom stereocenters. The Labute approximate surface area is 55.8 Å². The summed E-state index contributed by atoms with van der Waals surface area (Å²) < 4.78 is 5.07. The molecule has 0 saturated carbocycles. The molecule has 0 amide bonds. The van der Waals surface area contributed by atoms with E-state index in [1.165, 1.54) is 0 Å². The standard InChI is InChI=1S/C6H15NO2/c7-3-1-5-9-6-2-4-8/h8H,1-7H2. The number of hydrogen-bond donors (Lipinski definition) is 2. The van der Waals surface area contributed by atoms with Crippen LogP contribution in [0.5, 0.6) is 0 Å². The monoisotopic (exact) mass is 133 g/mol. The van der Waals surface area contributed by atoms with Crippen molar-refractivity contribution in [3.8, 4) is 0 Å². The minimum absolute atomic E-state index is 0.211. The van der Waals surface area contributed by atoms with Crippen molar-refractivity contribution in [1.29, 1.82) is 0 Å². The molecule has 0 rings (SSSR count). The van der Waals surface area contributed by atoms with Crippen molar-refractivity contribution >= 4 is 0 Å². The van der Waals surface area contributed by atoms with Crippen LogP contribution in [0.1, 0.15) is 12.8 Å². The fraction of sp³-hybridized carbons (Fsp3) is 1.00. The summed E-state index contributed by atoms with van der Waals surface area (Å²) in [4.78, 5) is 0. The Kier molecular flexibility index (Phi) is 7.77. The van der Waals surface area contributed by atoms with Crippen LogP contribution in [0.25, 0.3) is 0 Å². The number of rotatable bonds is 6. The van der Waals surface area contributed by atoms with Gasteiger partial charge >= 0.3 is 0 Å². The number of aliphatic hydroxyl groups is 1. The summed E-state index contributed by atoms with van der Waals surface area (Å²) in [6.07, 6.45) is 1.63. The smallest absolute Gasteiger partial charge is 0.0487 e. The van der Waals surface area contributed by atoms with E-state index in [2.05, 4.69) is 0 Å². The van der Waals surface area contributed by atoms with Gasteiger partial charge in [0.1, 0.15) is 0 Å². The van der Waals surface area contributed by atoms with Crippen LogP contribution in [0, 0.1) is 0 Å². The molecule has 3 N–H and O–H groups in total. The third-order valence-electron chi connectivity index (χ3n) is 0.940. The van der Waals surface area contributed by atoms with E-state index in [1.807, 2.05) is 0 Å². The molecule has 0 fully saturated rings. The van der Waals surface area contributed by atoms with Gasteiger partial charge in [-0.05, 0) is 19.4 Å². The van der Waals surface area contributed by atoms with Crippen LogP contribution in [-0.4, -0.2) is 31.5 Å². The second-order valence-corrected chi connectivity index (χ2v) is 1.83. The van der Waals surface area contributed by atoms with Gasteiger partial charge in [0.05, 0.1) is 0 Å². The third kappa shape index (κ3) is 7.88. The molecule has 0 aromatic carbocycles. The van der Waals surface area contributed by atoms with E-state index in [4.69, 9.17) is 15.6 Å². The minimum atomic E-state index is 0.211. The van der Waals surface area contributed by atoms with Gasteiger partial charge < -0.3 is 15.6 Å². The zero-order valence-corrected chi connectivity index (χ0v) is 5.68. The molecule has 0 aliphatic rings. The Hall–Kier alpha value is -0.120. The molecule has 0 radical (unpaired) electrons. The van der Waals surface area contributed by atoms with Gasteiger partial charge in [-0.15, -0.1) is 0 Å². The molecule has 0 saturated heterocycles. The first-order chi connectivity index (χ1) is 4.41. The summed E-state index contributed by atoms with van der Waals surface area (Å²) >= 11 is 0. The Balaban J connectivity index is 2.60. The average molecular weight is 133 g/mol. The average Bonchev–Trinajstić information content (AvgIpc) is 1.89. The van der Waals surface area contributed by atoms with Gasteiger partial charge in [-0.1, -0.05) is 0 Å². The topological polar surface area (TPSA) is 55.5 Å². The fourth-order valence-electron chi connectivity index (χ4n) is 0.454. The number of nitrogens with two attached hydrogens (primary N) is 1. The Morgan fingerprint density at radius 1 is 1.22 bits per heavy atom. The fourth-order valence-corrected chi connectivity index (χ4v) is 0.454. The lowest BCUT2D eigenvalue weighted by Crippen LogP contribution is -2.05. The largest absolute Gasteiger partial charge is 0.396 e. The molecule has 0 heterocycles. The van der Waals surface area contributed by atoms with Crippen LogP contribution in [0.2, 0.25) is 0 Å². The van der Waals surface area contributed by atoms with Crippen LogP contribution in [0.4, 0.5) is 0 Å². The highest BCUT2D eigenvalue weighted by molar-refractivity contribution is 4.36. The molecule has 56 valence electrons. The molecule has 0 bridgehead atoms. The van der Waals surface area contributed by atoms with Crippen molar-refractivity contribution in [2.75, 3.05) is 26.4 Å². The van der Waals surface area contributed by atoms with E-state index in [1.54, 1.807) is 0 Å². The van der Waals surface area contributed by atoms with E-state index in [0.29, 0.717) is 13.2 Å². The number of hydrogen-bond acceptors (Lipinski definition) is 3. The molecule has 0 atom stereocenters. The zero-order valence-electron chi connectivity index (χ0n) is 5.68. The van der Waals surface area contributed by atoms with E-state index >= 15 is 0 Å². The maximum absolute atomic E-state index is 8.32. The van der Waals surface area contributed by atoms with Gasteiger partial charge in [0.15, 0.2) is 0 Å². The van der Waals surface area contributed by atoms with Crippen LogP contribution in [0.15, 0.2) is 0 Å².